The van der Waals surface area contributed by atoms with Crippen molar-refractivity contribution in [2.75, 3.05) is 160 Å². The molecule has 0 unspecified atom stereocenters. The number of benzene rings is 8. The molecule has 8 aromatic carbocycles. The van der Waals surface area contributed by atoms with Crippen LogP contribution in [-0.2, 0) is 40.1 Å². The fraction of sp³-hybridized carbons (Fsp3) is 0.402. The number of likely N-dealkylation sites (N-methyl/N-ethyl adjacent to an activating group) is 1. The van der Waals surface area contributed by atoms with Crippen LogP contribution < -0.4 is 66.3 Å². The molecule has 4 aromatic heterocycles. The van der Waals surface area contributed by atoms with Crippen molar-refractivity contribution in [3.8, 4) is 0 Å². The van der Waals surface area contributed by atoms with Crippen LogP contribution in [0.1, 0.15) is 178 Å². The highest BCUT2D eigenvalue weighted by Crippen LogP contribution is 2.40. The molecule has 12 aromatic rings. The van der Waals surface area contributed by atoms with Gasteiger partial charge in [0.05, 0.1) is 51.8 Å². The third kappa shape index (κ3) is 31.1. The average molecular weight is 2140 g/mol. The summed E-state index contributed by atoms with van der Waals surface area (Å²) in [5.41, 5.74) is 14.7. The molecule has 4 aliphatic rings. The van der Waals surface area contributed by atoms with Crippen LogP contribution >= 0.6 is 23.2 Å². The zero-order valence-corrected chi connectivity index (χ0v) is 92.5. The van der Waals surface area contributed by atoms with Crippen molar-refractivity contribution < 1.29 is 42.5 Å². The van der Waals surface area contributed by atoms with Crippen LogP contribution in [0.3, 0.4) is 0 Å². The minimum atomic E-state index is -3.66. The molecule has 16 rings (SSSR count). The fourth-order valence-electron chi connectivity index (χ4n) is 16.0. The zero-order valence-electron chi connectivity index (χ0n) is 87.7. The Kier molecular flexibility index (Phi) is 36.6. The van der Waals surface area contributed by atoms with Crippen LogP contribution in [0.2, 0.25) is 10.0 Å². The summed E-state index contributed by atoms with van der Waals surface area (Å²) in [5, 5.41) is 26.3. The van der Waals surface area contributed by atoms with Gasteiger partial charge in [-0.25, -0.2) is 62.4 Å². The van der Waals surface area contributed by atoms with Gasteiger partial charge in [-0.2, -0.15) is 19.9 Å². The van der Waals surface area contributed by atoms with Gasteiger partial charge in [-0.05, 0) is 379 Å². The molecule has 792 valence electrons. The maximum Gasteiger partial charge on any atom is 0.237 e. The van der Waals surface area contributed by atoms with E-state index in [1.54, 1.807) is 181 Å². The van der Waals surface area contributed by atoms with Gasteiger partial charge in [0.2, 0.25) is 63.9 Å². The molecule has 148 heavy (non-hydrogen) atoms. The molecule has 0 aliphatic carbocycles. The van der Waals surface area contributed by atoms with E-state index in [4.69, 9.17) is 23.2 Å². The quantitative estimate of drug-likeness (QED) is 0.0217. The Labute approximate surface area is 881 Å². The lowest BCUT2D eigenvalue weighted by Gasteiger charge is -2.34. The number of aromatic nitrogens is 8. The lowest BCUT2D eigenvalue weighted by molar-refractivity contribution is 0.253. The summed E-state index contributed by atoms with van der Waals surface area (Å²) in [4.78, 5) is 47.4. The van der Waals surface area contributed by atoms with Crippen LogP contribution in [0.25, 0.3) is 0 Å². The first-order valence-corrected chi connectivity index (χ1v) is 56.0. The van der Waals surface area contributed by atoms with Gasteiger partial charge in [0, 0.05) is 124 Å². The largest absolute Gasteiger partial charge is 0.369 e. The van der Waals surface area contributed by atoms with Crippen molar-refractivity contribution in [1.82, 2.24) is 59.5 Å². The second kappa shape index (κ2) is 48.0. The van der Waals surface area contributed by atoms with E-state index in [9.17, 15) is 42.5 Å². The number of piperazine rings is 1. The molecule has 0 radical (unpaired) electrons. The lowest BCUT2D eigenvalue weighted by Crippen LogP contribution is -2.44. The lowest BCUT2D eigenvalue weighted by atomic mass is 9.89. The number of aryl methyl sites for hydroxylation is 4. The van der Waals surface area contributed by atoms with E-state index >= 15 is 0 Å². The molecule has 0 amide bonds. The van der Waals surface area contributed by atoms with Gasteiger partial charge in [-0.1, -0.05) is 65.7 Å². The minimum Gasteiger partial charge on any atom is -0.369 e. The summed E-state index contributed by atoms with van der Waals surface area (Å²) >= 11 is 12.5. The van der Waals surface area contributed by atoms with Gasteiger partial charge in [0.1, 0.15) is 34.9 Å². The molecule has 0 atom stereocenters. The Morgan fingerprint density at radius 3 is 0.939 bits per heavy atom. The molecule has 0 saturated carbocycles. The summed E-state index contributed by atoms with van der Waals surface area (Å²) in [6.45, 7) is 37.2. The van der Waals surface area contributed by atoms with Crippen LogP contribution in [0.5, 0.6) is 0 Å². The topological polar surface area (TPSA) is 400 Å². The number of rotatable bonds is 28. The van der Waals surface area contributed by atoms with E-state index in [2.05, 4.69) is 203 Å². The Morgan fingerprint density at radius 2 is 0.595 bits per heavy atom. The predicted octanol–water partition coefficient (Wildman–Crippen LogP) is 23.0. The smallest absolute Gasteiger partial charge is 0.237 e. The van der Waals surface area contributed by atoms with E-state index in [-0.39, 0.29) is 34.2 Å². The Bertz CT molecular complexity index is 7120. The van der Waals surface area contributed by atoms with Crippen LogP contribution in [-0.4, -0.2) is 206 Å². The monoisotopic (exact) mass is 2140 g/mol. The molecule has 4 saturated heterocycles. The van der Waals surface area contributed by atoms with Crippen molar-refractivity contribution in [2.24, 2.45) is 0 Å². The van der Waals surface area contributed by atoms with Crippen LogP contribution in [0, 0.1) is 39.3 Å². The summed E-state index contributed by atoms with van der Waals surface area (Å²) < 4.78 is 137. The van der Waals surface area contributed by atoms with Crippen molar-refractivity contribution >= 4 is 184 Å². The fourth-order valence-corrected chi connectivity index (χ4v) is 19.4. The van der Waals surface area contributed by atoms with Crippen molar-refractivity contribution in [3.63, 3.8) is 0 Å². The molecular weight excluding hydrogens is 2000 g/mol. The molecule has 33 nitrogen and oxygen atoms in total. The molecule has 4 aliphatic heterocycles. The number of nitrogens with one attached hydrogen (secondary N) is 12. The van der Waals surface area contributed by atoms with Crippen molar-refractivity contribution in [2.45, 2.75) is 186 Å². The standard InChI is InChI=1S/C27H35ClN6O2S.C27H35FN6O2S.C27H36N6O2S.C26H33ClFN7O2S/c1-18-17-29-26(31-21-8-6-19(7-9-21)20-12-14-34(5)15-13-20)32-25(18)30-22-10-11-23(28)24(16-22)33-37(35,36)27(2,3)4;1-18-17-29-26(31-21-9-10-23(24(28)16-21)19-11-13-34(5)14-12-19)32-25(18)30-20-7-6-8-22(15-20)33-37(35,36)27(2,3)4;1-19-18-28-26(30-22-11-9-20(10-12-22)21-13-15-33(5)16-14-21)31-25(19)29-23-7-6-8-24(17-23)32-36(34,35)27(2,3)4;1-17-16-29-25(31-20-12-18(28)13-21(14-20)35-10-8-34(5)9-11-35)32-24(17)30-19-6-7-22(27)23(15-19)33-38(36,37)26(2,3)4/h6-11,16-17,20,33H,12-15H2,1-5H3,(H2,29,30,31,32);6-10,15-17,19,33H,11-14H2,1-5H3,(H2,29,30,31,32);6-12,17-18,21,32H,13-16H2,1-5H3,(H2,28,29,30,31);6-7,12-16,33H,8-11H2,1-5H3,(H2,29,30,31,32). The maximum absolute atomic E-state index is 14.9. The first kappa shape index (κ1) is 113. The Morgan fingerprint density at radius 1 is 0.304 bits per heavy atom. The molecule has 0 bridgehead atoms. The third-order valence-corrected chi connectivity index (χ3v) is 35.0. The molecule has 0 spiro atoms. The first-order chi connectivity index (χ1) is 69.6. The SMILES string of the molecule is Cc1cnc(Nc2cc(F)cc(N3CCN(C)CC3)c2)nc1Nc1ccc(Cl)c(NS(=O)(=O)C(C)(C)C)c1.Cc1cnc(Nc2ccc(C3CCN(C)CC3)c(F)c2)nc1Nc1cccc(NS(=O)(=O)C(C)(C)C)c1.Cc1cnc(Nc2ccc(C3CCN(C)CC3)cc2)nc1Nc1ccc(Cl)c(NS(=O)(=O)C(C)(C)C)c1.Cc1cnc(Nc2ccc(C3CCN(C)CC3)cc2)nc1Nc1cccc(NS(=O)(=O)C(C)(C)C)c1. The molecule has 41 heteroatoms. The summed E-state index contributed by atoms with van der Waals surface area (Å²) in [7, 11) is -5.84. The number of hydrogen-bond acceptors (Lipinski definition) is 29. The van der Waals surface area contributed by atoms with E-state index in [0.717, 1.165) is 129 Å². The van der Waals surface area contributed by atoms with Gasteiger partial charge < -0.3 is 67.0 Å². The predicted molar refractivity (Wildman–Crippen MR) is 602 cm³/mol. The van der Waals surface area contributed by atoms with Gasteiger partial charge in [0.25, 0.3) is 0 Å². The van der Waals surface area contributed by atoms with Gasteiger partial charge in [-0.15, -0.1) is 0 Å². The van der Waals surface area contributed by atoms with Crippen molar-refractivity contribution in [3.05, 3.63) is 255 Å². The Balaban J connectivity index is 0.000000165. The molecule has 12 N–H and O–H groups in total. The average Bonchev–Trinajstić information content (AvgIpc) is 0.811. The highest BCUT2D eigenvalue weighted by Gasteiger charge is 2.35. The van der Waals surface area contributed by atoms with E-state index in [0.29, 0.717) is 103 Å². The summed E-state index contributed by atoms with van der Waals surface area (Å²) in [6.07, 6.45) is 13.5. The van der Waals surface area contributed by atoms with Crippen molar-refractivity contribution in [1.29, 1.82) is 0 Å². The molecule has 4 fully saturated rings. The van der Waals surface area contributed by atoms with Gasteiger partial charge in [-0.3, -0.25) is 18.9 Å². The first-order valence-electron chi connectivity index (χ1n) is 49.3. The second-order valence-corrected chi connectivity index (χ2v) is 52.6. The number of halogens is 4. The Hall–Kier alpha value is -12.4. The van der Waals surface area contributed by atoms with Crippen LogP contribution in [0.4, 0.5) is 130 Å². The third-order valence-electron chi connectivity index (χ3n) is 25.9. The summed E-state index contributed by atoms with van der Waals surface area (Å²) in [6, 6.07) is 51.2. The number of hydrogen-bond donors (Lipinski definition) is 12. The molecule has 8 heterocycles. The van der Waals surface area contributed by atoms with Gasteiger partial charge >= 0.3 is 0 Å². The van der Waals surface area contributed by atoms with E-state index in [1.165, 1.54) is 55.0 Å². The number of anilines is 21. The number of nitrogens with zero attached hydrogens (tertiary/aromatic N) is 13. The van der Waals surface area contributed by atoms with Crippen LogP contribution in [0.15, 0.2) is 195 Å². The number of sulfonamides is 4. The highest BCUT2D eigenvalue weighted by atomic mass is 35.5. The number of likely N-dealkylation sites (tertiary alicyclic amines) is 3. The zero-order chi connectivity index (χ0) is 107. The van der Waals surface area contributed by atoms with E-state index in [1.807, 2.05) is 58.0 Å². The highest BCUT2D eigenvalue weighted by molar-refractivity contribution is 7.95. The van der Waals surface area contributed by atoms with Gasteiger partial charge in [0.15, 0.2) is 0 Å². The minimum absolute atomic E-state index is 0.223. The normalized spacial score (nSPS) is 15.3. The maximum atomic E-state index is 14.9. The van der Waals surface area contributed by atoms with E-state index < -0.39 is 59.1 Å². The molecular formula is C107H139Cl2F2N25O8S4. The number of piperidine rings is 3. The summed E-state index contributed by atoms with van der Waals surface area (Å²) in [5.74, 6) is 4.75. The second-order valence-electron chi connectivity index (χ2n) is 42.0.